The third kappa shape index (κ3) is 5.22. The largest absolute Gasteiger partial charge is 0.310 e. The lowest BCUT2D eigenvalue weighted by molar-refractivity contribution is 1.00. The van der Waals surface area contributed by atoms with Gasteiger partial charge in [-0.15, -0.1) is 0 Å². The van der Waals surface area contributed by atoms with Gasteiger partial charge in [-0.25, -0.2) is 4.98 Å². The van der Waals surface area contributed by atoms with Crippen LogP contribution in [-0.4, -0.2) is 15.0 Å². The van der Waals surface area contributed by atoms with Gasteiger partial charge in [-0.2, -0.15) is 9.97 Å². The van der Waals surface area contributed by atoms with Gasteiger partial charge in [0, 0.05) is 38.0 Å². The lowest BCUT2D eigenvalue weighted by atomic mass is 10.1. The van der Waals surface area contributed by atoms with Crippen LogP contribution in [0.25, 0.3) is 22.8 Å². The first-order chi connectivity index (χ1) is 22.3. The second kappa shape index (κ2) is 11.8. The summed E-state index contributed by atoms with van der Waals surface area (Å²) >= 11 is 1.76. The van der Waals surface area contributed by atoms with Gasteiger partial charge in [0.05, 0.1) is 11.4 Å². The van der Waals surface area contributed by atoms with E-state index in [4.69, 9.17) is 15.0 Å². The topological polar surface area (TPSA) is 45.2 Å². The average molecular weight is 598 g/mol. The molecular formula is C39H27N5S. The molecule has 0 N–H and O–H groups in total. The van der Waals surface area contributed by atoms with Crippen molar-refractivity contribution in [3.05, 3.63) is 164 Å². The Hall–Kier alpha value is -5.72. The highest BCUT2D eigenvalue weighted by Crippen LogP contribution is 2.52. The van der Waals surface area contributed by atoms with Crippen LogP contribution in [0.4, 0.5) is 34.4 Å². The minimum atomic E-state index is 0.576. The third-order valence-corrected chi connectivity index (χ3v) is 8.80. The summed E-state index contributed by atoms with van der Waals surface area (Å²) in [6, 6.07) is 56.2. The first-order valence-electron chi connectivity index (χ1n) is 14.8. The van der Waals surface area contributed by atoms with Gasteiger partial charge in [-0.3, -0.25) is 4.90 Å². The molecule has 0 saturated heterocycles. The van der Waals surface area contributed by atoms with E-state index in [9.17, 15) is 0 Å². The highest BCUT2D eigenvalue weighted by Gasteiger charge is 2.29. The fourth-order valence-electron chi connectivity index (χ4n) is 5.60. The van der Waals surface area contributed by atoms with Gasteiger partial charge < -0.3 is 4.90 Å². The summed E-state index contributed by atoms with van der Waals surface area (Å²) in [6.45, 7) is 0. The quantitative estimate of drug-likeness (QED) is 0.190. The van der Waals surface area contributed by atoms with Gasteiger partial charge in [0.15, 0.2) is 11.6 Å². The maximum absolute atomic E-state index is 5.09. The number of anilines is 6. The van der Waals surface area contributed by atoms with Crippen molar-refractivity contribution in [1.29, 1.82) is 0 Å². The van der Waals surface area contributed by atoms with E-state index in [-0.39, 0.29) is 0 Å². The Morgan fingerprint density at radius 3 is 1.49 bits per heavy atom. The van der Waals surface area contributed by atoms with Crippen molar-refractivity contribution in [2.45, 2.75) is 9.79 Å². The zero-order valence-corrected chi connectivity index (χ0v) is 25.0. The van der Waals surface area contributed by atoms with E-state index in [0.29, 0.717) is 17.6 Å². The Bertz CT molecular complexity index is 1990. The summed E-state index contributed by atoms with van der Waals surface area (Å²) in [4.78, 5) is 21.8. The Kier molecular flexibility index (Phi) is 7.02. The average Bonchev–Trinajstić information content (AvgIpc) is 3.12. The maximum Gasteiger partial charge on any atom is 0.238 e. The molecular weight excluding hydrogens is 571 g/mol. The predicted molar refractivity (Wildman–Crippen MR) is 184 cm³/mol. The zero-order chi connectivity index (χ0) is 30.0. The van der Waals surface area contributed by atoms with E-state index >= 15 is 0 Å². The van der Waals surface area contributed by atoms with Gasteiger partial charge in [0.1, 0.15) is 0 Å². The van der Waals surface area contributed by atoms with Crippen molar-refractivity contribution in [3.8, 4) is 22.8 Å². The third-order valence-electron chi connectivity index (χ3n) is 7.68. The van der Waals surface area contributed by atoms with Crippen LogP contribution in [0.1, 0.15) is 0 Å². The SMILES string of the molecule is c1ccc(-c2nc(-c3ccccc3)nc(N3c4ccccc4Sc4cc(N(c5ccccc5)c5ccccc5)ccc43)n2)cc1. The van der Waals surface area contributed by atoms with Gasteiger partial charge >= 0.3 is 0 Å². The molecule has 45 heavy (non-hydrogen) atoms. The minimum absolute atomic E-state index is 0.576. The van der Waals surface area contributed by atoms with Crippen LogP contribution in [0.3, 0.4) is 0 Å². The second-order valence-electron chi connectivity index (χ2n) is 10.6. The summed E-state index contributed by atoms with van der Waals surface area (Å²) in [6.07, 6.45) is 0. The molecule has 0 aliphatic carbocycles. The molecule has 1 aliphatic heterocycles. The Morgan fingerprint density at radius 1 is 0.422 bits per heavy atom. The summed E-state index contributed by atoms with van der Waals surface area (Å²) in [5.41, 5.74) is 7.20. The monoisotopic (exact) mass is 597 g/mol. The predicted octanol–water partition coefficient (Wildman–Crippen LogP) is 10.6. The number of hydrogen-bond donors (Lipinski definition) is 0. The number of nitrogens with zero attached hydrogens (tertiary/aromatic N) is 5. The van der Waals surface area contributed by atoms with Crippen LogP contribution in [0.2, 0.25) is 0 Å². The molecule has 7 aromatic rings. The van der Waals surface area contributed by atoms with E-state index < -0.39 is 0 Å². The Balaban J connectivity index is 1.31. The molecule has 8 rings (SSSR count). The number of rotatable bonds is 6. The molecule has 1 aromatic heterocycles. The van der Waals surface area contributed by atoms with E-state index in [1.54, 1.807) is 11.8 Å². The lowest BCUT2D eigenvalue weighted by Gasteiger charge is -2.33. The van der Waals surface area contributed by atoms with Crippen LogP contribution in [-0.2, 0) is 0 Å². The smallest absolute Gasteiger partial charge is 0.238 e. The molecule has 0 atom stereocenters. The normalized spacial score (nSPS) is 11.9. The number of hydrogen-bond acceptors (Lipinski definition) is 6. The standard InChI is InChI=1S/C39H27N5S/c1-5-15-28(16-6-1)37-40-38(29-17-7-2-8-18-29)42-39(41-37)44-33-23-13-14-24-35(33)45-36-27-32(25-26-34(36)44)43(30-19-9-3-10-20-30)31-21-11-4-12-22-31/h1-27H. The van der Waals surface area contributed by atoms with Crippen molar-refractivity contribution in [2.75, 3.05) is 9.80 Å². The first kappa shape index (κ1) is 26.9. The van der Waals surface area contributed by atoms with Crippen LogP contribution in [0.15, 0.2) is 174 Å². The van der Waals surface area contributed by atoms with Crippen molar-refractivity contribution in [1.82, 2.24) is 15.0 Å². The summed E-state index contributed by atoms with van der Waals surface area (Å²) < 4.78 is 0. The highest BCUT2D eigenvalue weighted by molar-refractivity contribution is 7.99. The molecule has 1 aliphatic rings. The molecule has 0 bridgehead atoms. The molecule has 0 saturated carbocycles. The van der Waals surface area contributed by atoms with E-state index in [0.717, 1.165) is 49.4 Å². The fourth-order valence-corrected chi connectivity index (χ4v) is 6.69. The molecule has 0 unspecified atom stereocenters. The van der Waals surface area contributed by atoms with Gasteiger partial charge in [-0.05, 0) is 54.6 Å². The molecule has 0 radical (unpaired) electrons. The minimum Gasteiger partial charge on any atom is -0.310 e. The first-order valence-corrected chi connectivity index (χ1v) is 15.6. The number of aromatic nitrogens is 3. The van der Waals surface area contributed by atoms with E-state index in [1.807, 2.05) is 72.8 Å². The highest BCUT2D eigenvalue weighted by atomic mass is 32.2. The number of fused-ring (bicyclic) bond motifs is 2. The van der Waals surface area contributed by atoms with Crippen molar-refractivity contribution in [2.24, 2.45) is 0 Å². The molecule has 6 heteroatoms. The lowest BCUT2D eigenvalue weighted by Crippen LogP contribution is -2.19. The molecule has 0 fully saturated rings. The maximum atomic E-state index is 5.09. The van der Waals surface area contributed by atoms with Gasteiger partial charge in [0.2, 0.25) is 5.95 Å². The van der Waals surface area contributed by atoms with Crippen LogP contribution >= 0.6 is 11.8 Å². The van der Waals surface area contributed by atoms with Gasteiger partial charge in [-0.1, -0.05) is 121 Å². The van der Waals surface area contributed by atoms with E-state index in [1.165, 1.54) is 0 Å². The van der Waals surface area contributed by atoms with Crippen LogP contribution < -0.4 is 9.80 Å². The number of benzene rings is 6. The summed E-state index contributed by atoms with van der Waals surface area (Å²) in [5, 5.41) is 0. The van der Waals surface area contributed by atoms with Crippen molar-refractivity contribution in [3.63, 3.8) is 0 Å². The zero-order valence-electron chi connectivity index (χ0n) is 24.2. The number of para-hydroxylation sites is 3. The molecule has 5 nitrogen and oxygen atoms in total. The van der Waals surface area contributed by atoms with Crippen LogP contribution in [0, 0.1) is 0 Å². The second-order valence-corrected chi connectivity index (χ2v) is 11.7. The molecule has 6 aromatic carbocycles. The summed E-state index contributed by atoms with van der Waals surface area (Å²) in [5.74, 6) is 1.84. The van der Waals surface area contributed by atoms with Crippen molar-refractivity contribution < 1.29 is 0 Å². The van der Waals surface area contributed by atoms with Gasteiger partial charge in [0.25, 0.3) is 0 Å². The van der Waals surface area contributed by atoms with E-state index in [2.05, 4.69) is 101 Å². The molecule has 0 amide bonds. The van der Waals surface area contributed by atoms with Crippen molar-refractivity contribution >= 4 is 46.1 Å². The van der Waals surface area contributed by atoms with Crippen LogP contribution in [0.5, 0.6) is 0 Å². The molecule has 0 spiro atoms. The summed E-state index contributed by atoms with van der Waals surface area (Å²) in [7, 11) is 0. The fraction of sp³-hybridized carbons (Fsp3) is 0. The molecule has 2 heterocycles. The Morgan fingerprint density at radius 2 is 0.911 bits per heavy atom. The molecule has 214 valence electrons. The Labute approximate surface area is 266 Å².